The number of aliphatic hydroxyl groups is 3. The van der Waals surface area contributed by atoms with E-state index < -0.39 is 5.41 Å². The van der Waals surface area contributed by atoms with E-state index in [-0.39, 0.29) is 19.8 Å². The first-order valence-corrected chi connectivity index (χ1v) is 4.07. The van der Waals surface area contributed by atoms with Crippen molar-refractivity contribution in [1.82, 2.24) is 0 Å². The van der Waals surface area contributed by atoms with Crippen LogP contribution in [0.4, 0.5) is 0 Å². The third-order valence-corrected chi connectivity index (χ3v) is 2.09. The SMILES string of the molecule is CCCC(CO)(CO)CCO. The van der Waals surface area contributed by atoms with Gasteiger partial charge in [0.05, 0.1) is 13.2 Å². The molecule has 68 valence electrons. The van der Waals surface area contributed by atoms with E-state index in [0.717, 1.165) is 12.8 Å². The second-order valence-corrected chi connectivity index (χ2v) is 3.04. The van der Waals surface area contributed by atoms with Gasteiger partial charge in [0, 0.05) is 12.0 Å². The topological polar surface area (TPSA) is 60.7 Å². The van der Waals surface area contributed by atoms with Crippen LogP contribution in [0.25, 0.3) is 0 Å². The molecule has 0 heterocycles. The van der Waals surface area contributed by atoms with E-state index in [4.69, 9.17) is 15.3 Å². The summed E-state index contributed by atoms with van der Waals surface area (Å²) in [4.78, 5) is 0. The Labute approximate surface area is 67.7 Å². The molecule has 0 aliphatic rings. The summed E-state index contributed by atoms with van der Waals surface area (Å²) in [5.41, 5.74) is -0.455. The zero-order valence-electron chi connectivity index (χ0n) is 7.08. The van der Waals surface area contributed by atoms with Gasteiger partial charge >= 0.3 is 0 Å². The second-order valence-electron chi connectivity index (χ2n) is 3.04. The molecule has 0 unspecified atom stereocenters. The highest BCUT2D eigenvalue weighted by Crippen LogP contribution is 2.26. The first-order valence-electron chi connectivity index (χ1n) is 4.07. The summed E-state index contributed by atoms with van der Waals surface area (Å²) in [6.45, 7) is 1.94. The highest BCUT2D eigenvalue weighted by Gasteiger charge is 2.26. The van der Waals surface area contributed by atoms with Crippen LogP contribution < -0.4 is 0 Å². The molecule has 3 nitrogen and oxygen atoms in total. The Morgan fingerprint density at radius 3 is 1.82 bits per heavy atom. The standard InChI is InChI=1S/C8H18O3/c1-2-3-8(6-10,7-11)4-5-9/h9-11H,2-7H2,1H3. The molecule has 0 saturated heterocycles. The van der Waals surface area contributed by atoms with Crippen molar-refractivity contribution >= 4 is 0 Å². The fourth-order valence-electron chi connectivity index (χ4n) is 1.26. The molecule has 0 saturated carbocycles. The summed E-state index contributed by atoms with van der Waals surface area (Å²) in [5.74, 6) is 0. The predicted octanol–water partition coefficient (Wildman–Crippen LogP) is 0.140. The van der Waals surface area contributed by atoms with E-state index >= 15 is 0 Å². The molecule has 0 aromatic heterocycles. The molecule has 0 aliphatic heterocycles. The third kappa shape index (κ3) is 3.18. The monoisotopic (exact) mass is 162 g/mol. The van der Waals surface area contributed by atoms with Crippen molar-refractivity contribution < 1.29 is 15.3 Å². The first kappa shape index (κ1) is 10.9. The number of hydrogen-bond acceptors (Lipinski definition) is 3. The van der Waals surface area contributed by atoms with Crippen LogP contribution in [0, 0.1) is 5.41 Å². The van der Waals surface area contributed by atoms with Crippen LogP contribution in [0.3, 0.4) is 0 Å². The lowest BCUT2D eigenvalue weighted by atomic mass is 9.82. The molecule has 0 radical (unpaired) electrons. The predicted molar refractivity (Wildman–Crippen MR) is 43.2 cm³/mol. The summed E-state index contributed by atoms with van der Waals surface area (Å²) in [6, 6.07) is 0. The second kappa shape index (κ2) is 5.52. The van der Waals surface area contributed by atoms with Crippen LogP contribution in [0.1, 0.15) is 26.2 Å². The molecule has 0 fully saturated rings. The van der Waals surface area contributed by atoms with Crippen molar-refractivity contribution in [1.29, 1.82) is 0 Å². The van der Waals surface area contributed by atoms with Crippen molar-refractivity contribution in [2.75, 3.05) is 19.8 Å². The van der Waals surface area contributed by atoms with Gasteiger partial charge in [-0.25, -0.2) is 0 Å². The third-order valence-electron chi connectivity index (χ3n) is 2.09. The Balaban J connectivity index is 3.96. The van der Waals surface area contributed by atoms with Crippen molar-refractivity contribution in [2.24, 2.45) is 5.41 Å². The zero-order valence-corrected chi connectivity index (χ0v) is 7.08. The van der Waals surface area contributed by atoms with Gasteiger partial charge in [-0.15, -0.1) is 0 Å². The largest absolute Gasteiger partial charge is 0.396 e. The Bertz CT molecular complexity index is 81.3. The number of aliphatic hydroxyl groups excluding tert-OH is 3. The summed E-state index contributed by atoms with van der Waals surface area (Å²) in [6.07, 6.45) is 2.16. The quantitative estimate of drug-likeness (QED) is 0.520. The van der Waals surface area contributed by atoms with Crippen LogP contribution in [0.15, 0.2) is 0 Å². The molecule has 0 rings (SSSR count). The molecule has 0 aromatic carbocycles. The van der Waals surface area contributed by atoms with E-state index in [1.165, 1.54) is 0 Å². The van der Waals surface area contributed by atoms with Crippen LogP contribution in [-0.2, 0) is 0 Å². The molecule has 0 atom stereocenters. The lowest BCUT2D eigenvalue weighted by molar-refractivity contribution is 0.0251. The maximum atomic E-state index is 8.97. The highest BCUT2D eigenvalue weighted by atomic mass is 16.3. The maximum Gasteiger partial charge on any atom is 0.0510 e. The number of hydrogen-bond donors (Lipinski definition) is 3. The van der Waals surface area contributed by atoms with Gasteiger partial charge in [0.1, 0.15) is 0 Å². The van der Waals surface area contributed by atoms with Gasteiger partial charge in [0.2, 0.25) is 0 Å². The van der Waals surface area contributed by atoms with E-state index in [9.17, 15) is 0 Å². The van der Waals surface area contributed by atoms with Crippen molar-refractivity contribution in [3.05, 3.63) is 0 Å². The normalized spacial score (nSPS) is 12.0. The smallest absolute Gasteiger partial charge is 0.0510 e. The molecular formula is C8H18O3. The molecule has 11 heavy (non-hydrogen) atoms. The first-order chi connectivity index (χ1) is 5.24. The number of rotatable bonds is 6. The van der Waals surface area contributed by atoms with E-state index in [1.54, 1.807) is 0 Å². The van der Waals surface area contributed by atoms with Crippen molar-refractivity contribution in [2.45, 2.75) is 26.2 Å². The van der Waals surface area contributed by atoms with Gasteiger partial charge in [-0.05, 0) is 12.8 Å². The van der Waals surface area contributed by atoms with Crippen LogP contribution in [0.5, 0.6) is 0 Å². The van der Waals surface area contributed by atoms with Gasteiger partial charge in [0.15, 0.2) is 0 Å². The molecular weight excluding hydrogens is 144 g/mol. The van der Waals surface area contributed by atoms with Gasteiger partial charge < -0.3 is 15.3 Å². The van der Waals surface area contributed by atoms with E-state index in [1.807, 2.05) is 6.92 Å². The minimum atomic E-state index is -0.455. The molecule has 3 N–H and O–H groups in total. The minimum Gasteiger partial charge on any atom is -0.396 e. The molecule has 0 aliphatic carbocycles. The van der Waals surface area contributed by atoms with E-state index in [2.05, 4.69) is 0 Å². The molecule has 3 heteroatoms. The Kier molecular flexibility index (Phi) is 5.46. The summed E-state index contributed by atoms with van der Waals surface area (Å²) < 4.78 is 0. The molecule has 0 bridgehead atoms. The summed E-state index contributed by atoms with van der Waals surface area (Å²) >= 11 is 0. The van der Waals surface area contributed by atoms with Gasteiger partial charge in [0.25, 0.3) is 0 Å². The minimum absolute atomic E-state index is 0.0289. The Hall–Kier alpha value is -0.120. The van der Waals surface area contributed by atoms with Crippen LogP contribution in [-0.4, -0.2) is 35.1 Å². The van der Waals surface area contributed by atoms with Crippen molar-refractivity contribution in [3.8, 4) is 0 Å². The van der Waals surface area contributed by atoms with E-state index in [0.29, 0.717) is 6.42 Å². The lowest BCUT2D eigenvalue weighted by Crippen LogP contribution is -2.30. The van der Waals surface area contributed by atoms with Crippen LogP contribution >= 0.6 is 0 Å². The van der Waals surface area contributed by atoms with Gasteiger partial charge in [-0.2, -0.15) is 0 Å². The summed E-state index contributed by atoms with van der Waals surface area (Å²) in [5, 5.41) is 26.6. The molecule has 0 amide bonds. The highest BCUT2D eigenvalue weighted by molar-refractivity contribution is 4.76. The van der Waals surface area contributed by atoms with Crippen LogP contribution in [0.2, 0.25) is 0 Å². The zero-order chi connectivity index (χ0) is 8.74. The lowest BCUT2D eigenvalue weighted by Gasteiger charge is -2.28. The Morgan fingerprint density at radius 1 is 1.00 bits per heavy atom. The Morgan fingerprint density at radius 2 is 1.55 bits per heavy atom. The maximum absolute atomic E-state index is 8.97. The fourth-order valence-corrected chi connectivity index (χ4v) is 1.26. The average molecular weight is 162 g/mol. The van der Waals surface area contributed by atoms with Gasteiger partial charge in [-0.3, -0.25) is 0 Å². The molecule has 0 aromatic rings. The summed E-state index contributed by atoms with van der Waals surface area (Å²) in [7, 11) is 0. The molecule has 0 spiro atoms. The van der Waals surface area contributed by atoms with Crippen molar-refractivity contribution in [3.63, 3.8) is 0 Å². The average Bonchev–Trinajstić information content (AvgIpc) is 2.04. The fraction of sp³-hybridized carbons (Fsp3) is 1.00. The van der Waals surface area contributed by atoms with Gasteiger partial charge in [-0.1, -0.05) is 13.3 Å².